The van der Waals surface area contributed by atoms with E-state index in [1.165, 1.54) is 12.1 Å². The molecule has 0 aliphatic carbocycles. The molecule has 0 saturated carbocycles. The zero-order chi connectivity index (χ0) is 10.9. The maximum Gasteiger partial charge on any atom is 0.298 e. The van der Waals surface area contributed by atoms with Gasteiger partial charge in [0, 0.05) is 0 Å². The molecule has 2 rings (SSSR count). The topological polar surface area (TPSA) is 55.9 Å². The number of rotatable bonds is 4. The smallest absolute Gasteiger partial charge is 0.298 e. The number of epoxide rings is 1. The van der Waals surface area contributed by atoms with Gasteiger partial charge in [0.25, 0.3) is 10.1 Å². The van der Waals surface area contributed by atoms with Crippen LogP contribution in [0.5, 0.6) is 0 Å². The fourth-order valence-corrected chi connectivity index (χ4v) is 2.47. The molecule has 0 radical (unpaired) electrons. The average Bonchev–Trinajstić information content (AvgIpc) is 2.99. The van der Waals surface area contributed by atoms with Crippen LogP contribution in [0.2, 0.25) is 5.02 Å². The van der Waals surface area contributed by atoms with Gasteiger partial charge in [-0.3, -0.25) is 4.18 Å². The van der Waals surface area contributed by atoms with Crippen molar-refractivity contribution >= 4 is 21.7 Å². The Morgan fingerprint density at radius 1 is 1.47 bits per heavy atom. The van der Waals surface area contributed by atoms with Crippen LogP contribution in [0.1, 0.15) is 0 Å². The minimum absolute atomic E-state index is 0.00711. The summed E-state index contributed by atoms with van der Waals surface area (Å²) in [5.41, 5.74) is 0. The predicted octanol–water partition coefficient (Wildman–Crippen LogP) is 1.44. The van der Waals surface area contributed by atoms with E-state index in [9.17, 15) is 8.42 Å². The third-order valence-corrected chi connectivity index (χ3v) is 3.70. The molecule has 0 aromatic heterocycles. The molecule has 1 heterocycles. The summed E-state index contributed by atoms with van der Waals surface area (Å²) in [6, 6.07) is 6.16. The Hall–Kier alpha value is -0.620. The van der Waals surface area contributed by atoms with Crippen LogP contribution in [0.25, 0.3) is 0 Å². The van der Waals surface area contributed by atoms with Crippen LogP contribution in [0, 0.1) is 0 Å². The second kappa shape index (κ2) is 4.09. The lowest BCUT2D eigenvalue weighted by atomic mass is 10.4. The summed E-state index contributed by atoms with van der Waals surface area (Å²) in [5, 5.41) is 0.161. The van der Waals surface area contributed by atoms with E-state index in [1.807, 2.05) is 0 Å². The molecule has 4 nitrogen and oxygen atoms in total. The summed E-state index contributed by atoms with van der Waals surface area (Å²) < 4.78 is 32.9. The van der Waals surface area contributed by atoms with Gasteiger partial charge in [-0.25, -0.2) is 0 Å². The molecule has 0 amide bonds. The second-order valence-corrected chi connectivity index (χ2v) is 5.12. The van der Waals surface area contributed by atoms with E-state index in [-0.39, 0.29) is 22.6 Å². The minimum Gasteiger partial charge on any atom is -0.371 e. The highest BCUT2D eigenvalue weighted by atomic mass is 35.5. The summed E-state index contributed by atoms with van der Waals surface area (Å²) in [7, 11) is -3.76. The number of halogens is 1. The van der Waals surface area contributed by atoms with E-state index in [4.69, 9.17) is 20.5 Å². The molecule has 0 unspecified atom stereocenters. The Balaban J connectivity index is 2.16. The van der Waals surface area contributed by atoms with Gasteiger partial charge in [0.05, 0.1) is 18.2 Å². The van der Waals surface area contributed by atoms with Gasteiger partial charge >= 0.3 is 0 Å². The summed E-state index contributed by atoms with van der Waals surface area (Å²) >= 11 is 5.75. The van der Waals surface area contributed by atoms with E-state index in [0.717, 1.165) is 0 Å². The van der Waals surface area contributed by atoms with Gasteiger partial charge in [-0.1, -0.05) is 23.7 Å². The normalized spacial score (nSPS) is 20.2. The first-order chi connectivity index (χ1) is 7.09. The summed E-state index contributed by atoms with van der Waals surface area (Å²) in [6.45, 7) is 0.603. The summed E-state index contributed by atoms with van der Waals surface area (Å²) in [6.07, 6.45) is -0.0951. The number of benzene rings is 1. The molecule has 1 aliphatic rings. The maximum absolute atomic E-state index is 11.6. The molecule has 1 saturated heterocycles. The van der Waals surface area contributed by atoms with Crippen molar-refractivity contribution in [3.8, 4) is 0 Å². The summed E-state index contributed by atoms with van der Waals surface area (Å²) in [5.74, 6) is 0. The Labute approximate surface area is 92.9 Å². The van der Waals surface area contributed by atoms with Crippen LogP contribution < -0.4 is 0 Å². The number of ether oxygens (including phenoxy) is 1. The molecule has 1 aliphatic heterocycles. The Morgan fingerprint density at radius 2 is 2.13 bits per heavy atom. The maximum atomic E-state index is 11.6. The molecular formula is C9H9ClO4S. The van der Waals surface area contributed by atoms with Crippen molar-refractivity contribution in [2.24, 2.45) is 0 Å². The van der Waals surface area contributed by atoms with E-state index in [1.54, 1.807) is 12.1 Å². The zero-order valence-electron chi connectivity index (χ0n) is 7.72. The van der Waals surface area contributed by atoms with Crippen LogP contribution in [-0.2, 0) is 19.0 Å². The van der Waals surface area contributed by atoms with E-state index >= 15 is 0 Å². The molecule has 6 heteroatoms. The second-order valence-electron chi connectivity index (χ2n) is 3.12. The lowest BCUT2D eigenvalue weighted by Crippen LogP contribution is -2.11. The van der Waals surface area contributed by atoms with Crippen LogP contribution in [0.15, 0.2) is 29.2 Å². The fourth-order valence-electron chi connectivity index (χ4n) is 1.04. The van der Waals surface area contributed by atoms with Gasteiger partial charge in [-0.05, 0) is 12.1 Å². The molecule has 1 fully saturated rings. The zero-order valence-corrected chi connectivity index (χ0v) is 9.29. The third kappa shape index (κ3) is 2.69. The lowest BCUT2D eigenvalue weighted by Gasteiger charge is -2.05. The first-order valence-corrected chi connectivity index (χ1v) is 6.14. The molecular weight excluding hydrogens is 240 g/mol. The SMILES string of the molecule is O=S(=O)(OC[C@@H]1CO1)c1ccccc1Cl. The van der Waals surface area contributed by atoms with E-state index in [2.05, 4.69) is 0 Å². The predicted molar refractivity (Wildman–Crippen MR) is 54.3 cm³/mol. The van der Waals surface area contributed by atoms with Gasteiger partial charge in [0.2, 0.25) is 0 Å². The molecule has 1 aromatic rings. The van der Waals surface area contributed by atoms with Crippen molar-refractivity contribution in [3.63, 3.8) is 0 Å². The molecule has 0 bridgehead atoms. The van der Waals surface area contributed by atoms with Crippen molar-refractivity contribution in [1.29, 1.82) is 0 Å². The van der Waals surface area contributed by atoms with Gasteiger partial charge in [0.15, 0.2) is 0 Å². The molecule has 1 aromatic carbocycles. The summed E-state index contributed by atoms with van der Waals surface area (Å²) in [4.78, 5) is -0.00711. The first kappa shape index (κ1) is 10.9. The van der Waals surface area contributed by atoms with Gasteiger partial charge in [0.1, 0.15) is 11.0 Å². The van der Waals surface area contributed by atoms with Crippen LogP contribution in [0.4, 0.5) is 0 Å². The lowest BCUT2D eigenvalue weighted by molar-refractivity contribution is 0.266. The average molecular weight is 249 g/mol. The monoisotopic (exact) mass is 248 g/mol. The highest BCUT2D eigenvalue weighted by Gasteiger charge is 2.27. The highest BCUT2D eigenvalue weighted by Crippen LogP contribution is 2.23. The van der Waals surface area contributed by atoms with Crippen molar-refractivity contribution in [1.82, 2.24) is 0 Å². The van der Waals surface area contributed by atoms with Crippen molar-refractivity contribution in [3.05, 3.63) is 29.3 Å². The standard InChI is InChI=1S/C9H9ClO4S/c10-8-3-1-2-4-9(8)15(11,12)14-6-7-5-13-7/h1-4,7H,5-6H2/t7-/m0/s1. The van der Waals surface area contributed by atoms with Crippen molar-refractivity contribution < 1.29 is 17.3 Å². The Bertz CT molecular complexity index is 453. The molecule has 1 atom stereocenters. The van der Waals surface area contributed by atoms with Crippen LogP contribution >= 0.6 is 11.6 Å². The van der Waals surface area contributed by atoms with Gasteiger partial charge < -0.3 is 4.74 Å². The van der Waals surface area contributed by atoms with Crippen molar-refractivity contribution in [2.75, 3.05) is 13.2 Å². The highest BCUT2D eigenvalue weighted by molar-refractivity contribution is 7.86. The largest absolute Gasteiger partial charge is 0.371 e. The van der Waals surface area contributed by atoms with Crippen LogP contribution in [-0.4, -0.2) is 27.7 Å². The quantitative estimate of drug-likeness (QED) is 0.598. The fraction of sp³-hybridized carbons (Fsp3) is 0.333. The third-order valence-electron chi connectivity index (χ3n) is 1.92. The molecule has 0 N–H and O–H groups in total. The Kier molecular flexibility index (Phi) is 2.97. The minimum atomic E-state index is -3.76. The van der Waals surface area contributed by atoms with Gasteiger partial charge in [-0.2, -0.15) is 8.42 Å². The molecule has 0 spiro atoms. The van der Waals surface area contributed by atoms with E-state index in [0.29, 0.717) is 6.61 Å². The molecule has 15 heavy (non-hydrogen) atoms. The van der Waals surface area contributed by atoms with E-state index < -0.39 is 10.1 Å². The van der Waals surface area contributed by atoms with Gasteiger partial charge in [-0.15, -0.1) is 0 Å². The Morgan fingerprint density at radius 3 is 2.73 bits per heavy atom. The van der Waals surface area contributed by atoms with Crippen molar-refractivity contribution in [2.45, 2.75) is 11.0 Å². The molecule has 82 valence electrons. The van der Waals surface area contributed by atoms with Crippen LogP contribution in [0.3, 0.4) is 0 Å². The number of hydrogen-bond donors (Lipinski definition) is 0. The first-order valence-electron chi connectivity index (χ1n) is 4.35. The number of hydrogen-bond acceptors (Lipinski definition) is 4.